The number of thiazole rings is 1. The minimum Gasteiger partial charge on any atom is -0.300 e. The van der Waals surface area contributed by atoms with E-state index in [0.29, 0.717) is 22.0 Å². The molecule has 0 aliphatic carbocycles. The van der Waals surface area contributed by atoms with Crippen molar-refractivity contribution in [3.63, 3.8) is 0 Å². The Morgan fingerprint density at radius 3 is 2.59 bits per heavy atom. The first kappa shape index (κ1) is 24.1. The van der Waals surface area contributed by atoms with Gasteiger partial charge in [-0.3, -0.25) is 24.3 Å². The Morgan fingerprint density at radius 1 is 1.11 bits per heavy atom. The first-order valence-corrected chi connectivity index (χ1v) is 12.3. The lowest BCUT2D eigenvalue weighted by Crippen LogP contribution is -2.32. The van der Waals surface area contributed by atoms with Crippen molar-refractivity contribution >= 4 is 39.1 Å². The molecule has 37 heavy (non-hydrogen) atoms. The lowest BCUT2D eigenvalue weighted by atomic mass is 10.1. The Balaban J connectivity index is 1.51. The molecule has 0 aliphatic rings. The number of anilines is 1. The van der Waals surface area contributed by atoms with E-state index in [2.05, 4.69) is 15.4 Å². The average molecular weight is 515 g/mol. The van der Waals surface area contributed by atoms with E-state index < -0.39 is 16.9 Å². The van der Waals surface area contributed by atoms with Crippen LogP contribution in [0.2, 0.25) is 0 Å². The maximum absolute atomic E-state index is 13.3. The van der Waals surface area contributed by atoms with Crippen molar-refractivity contribution in [2.45, 2.75) is 26.8 Å². The van der Waals surface area contributed by atoms with Gasteiger partial charge in [0.05, 0.1) is 22.0 Å². The molecule has 0 fully saturated rings. The molecule has 3 heterocycles. The van der Waals surface area contributed by atoms with E-state index in [1.165, 1.54) is 34.1 Å². The van der Waals surface area contributed by atoms with Crippen LogP contribution in [0.4, 0.5) is 10.8 Å². The summed E-state index contributed by atoms with van der Waals surface area (Å²) >= 11 is 1.20. The lowest BCUT2D eigenvalue weighted by Gasteiger charge is -2.18. The number of nitro groups is 1. The van der Waals surface area contributed by atoms with Crippen molar-refractivity contribution in [1.82, 2.24) is 19.3 Å². The molecule has 0 saturated carbocycles. The number of non-ortho nitro benzene ring substituents is 1. The second kappa shape index (κ2) is 9.43. The first-order valence-electron chi connectivity index (χ1n) is 11.4. The van der Waals surface area contributed by atoms with E-state index in [1.807, 2.05) is 44.2 Å². The van der Waals surface area contributed by atoms with Gasteiger partial charge in [0.25, 0.3) is 11.2 Å². The van der Waals surface area contributed by atoms with Crippen LogP contribution in [0.1, 0.15) is 24.2 Å². The number of para-hydroxylation sites is 1. The fraction of sp³-hybridized carbons (Fsp3) is 0.154. The number of benzene rings is 2. The highest BCUT2D eigenvalue weighted by atomic mass is 32.1. The molecular weight excluding hydrogens is 492 g/mol. The number of hydrogen-bond donors (Lipinski definition) is 1. The second-order valence-electron chi connectivity index (χ2n) is 8.58. The third-order valence-corrected chi connectivity index (χ3v) is 6.85. The normalized spacial score (nSPS) is 12.0. The summed E-state index contributed by atoms with van der Waals surface area (Å²) in [5.74, 6) is -0.425. The fourth-order valence-corrected chi connectivity index (χ4v) is 5.05. The number of aromatic nitrogens is 4. The van der Waals surface area contributed by atoms with E-state index in [1.54, 1.807) is 29.1 Å². The summed E-state index contributed by atoms with van der Waals surface area (Å²) in [5.41, 5.74) is 3.55. The number of pyridine rings is 1. The predicted octanol–water partition coefficient (Wildman–Crippen LogP) is 5.04. The highest BCUT2D eigenvalue weighted by molar-refractivity contribution is 7.14. The highest BCUT2D eigenvalue weighted by Gasteiger charge is 2.24. The molecule has 0 bridgehead atoms. The number of nitrogens with zero attached hydrogens (tertiary/aromatic N) is 5. The molecule has 10 nitrogen and oxygen atoms in total. The number of hydrogen-bond acceptors (Lipinski definition) is 7. The van der Waals surface area contributed by atoms with Crippen LogP contribution in [0.5, 0.6) is 0 Å². The molecule has 2 aromatic carbocycles. The van der Waals surface area contributed by atoms with E-state index in [-0.39, 0.29) is 11.2 Å². The Hall–Kier alpha value is -4.64. The third kappa shape index (κ3) is 4.40. The molecule has 0 saturated heterocycles. The summed E-state index contributed by atoms with van der Waals surface area (Å²) in [6, 6.07) is 16.2. The Kier molecular flexibility index (Phi) is 6.14. The zero-order valence-electron chi connectivity index (χ0n) is 20.2. The first-order chi connectivity index (χ1) is 17.7. The van der Waals surface area contributed by atoms with Crippen molar-refractivity contribution in [2.24, 2.45) is 0 Å². The van der Waals surface area contributed by atoms with Gasteiger partial charge in [0.2, 0.25) is 5.91 Å². The Bertz CT molecular complexity index is 1720. The molecule has 1 N–H and O–H groups in total. The van der Waals surface area contributed by atoms with Crippen LogP contribution in [0.15, 0.2) is 70.8 Å². The molecule has 11 heteroatoms. The summed E-state index contributed by atoms with van der Waals surface area (Å²) in [7, 11) is 0. The van der Waals surface area contributed by atoms with Crippen LogP contribution >= 0.6 is 11.3 Å². The summed E-state index contributed by atoms with van der Waals surface area (Å²) in [5, 5.41) is 21.4. The van der Waals surface area contributed by atoms with Crippen molar-refractivity contribution in [3.05, 3.63) is 97.8 Å². The monoisotopic (exact) mass is 514 g/mol. The van der Waals surface area contributed by atoms with Gasteiger partial charge in [0.1, 0.15) is 11.7 Å². The molecule has 186 valence electrons. The molecule has 5 rings (SSSR count). The second-order valence-corrected chi connectivity index (χ2v) is 9.44. The average Bonchev–Trinajstić information content (AvgIpc) is 3.49. The number of rotatable bonds is 6. The van der Waals surface area contributed by atoms with Gasteiger partial charge in [-0.1, -0.05) is 30.3 Å². The van der Waals surface area contributed by atoms with Crippen LogP contribution in [0, 0.1) is 24.0 Å². The van der Waals surface area contributed by atoms with E-state index >= 15 is 0 Å². The minimum absolute atomic E-state index is 0.0437. The van der Waals surface area contributed by atoms with Gasteiger partial charge in [-0.25, -0.2) is 9.67 Å². The molecule has 1 unspecified atom stereocenters. The maximum Gasteiger partial charge on any atom is 0.270 e. The van der Waals surface area contributed by atoms with Gasteiger partial charge in [-0.05, 0) is 38.5 Å². The highest BCUT2D eigenvalue weighted by Crippen LogP contribution is 2.29. The van der Waals surface area contributed by atoms with E-state index in [4.69, 9.17) is 0 Å². The van der Waals surface area contributed by atoms with Gasteiger partial charge < -0.3 is 5.32 Å². The minimum atomic E-state index is -0.876. The number of carbonyl (C=O) groups excluding carboxylic acids is 1. The van der Waals surface area contributed by atoms with Crippen LogP contribution in [0.25, 0.3) is 28.0 Å². The number of carbonyl (C=O) groups is 1. The van der Waals surface area contributed by atoms with Gasteiger partial charge in [-0.15, -0.1) is 11.3 Å². The molecule has 0 radical (unpaired) electrons. The smallest absolute Gasteiger partial charge is 0.270 e. The van der Waals surface area contributed by atoms with Crippen LogP contribution in [-0.2, 0) is 4.79 Å². The zero-order chi connectivity index (χ0) is 26.3. The fourth-order valence-electron chi connectivity index (χ4n) is 4.32. The number of amides is 1. The van der Waals surface area contributed by atoms with Gasteiger partial charge in [-0.2, -0.15) is 5.10 Å². The maximum atomic E-state index is 13.3. The topological polar surface area (TPSA) is 125 Å². The largest absolute Gasteiger partial charge is 0.300 e. The molecule has 0 spiro atoms. The van der Waals surface area contributed by atoms with Crippen LogP contribution in [0.3, 0.4) is 0 Å². The van der Waals surface area contributed by atoms with Gasteiger partial charge >= 0.3 is 0 Å². The van der Waals surface area contributed by atoms with Crippen molar-refractivity contribution in [1.29, 1.82) is 0 Å². The lowest BCUT2D eigenvalue weighted by molar-refractivity contribution is -0.384. The molecular formula is C26H22N6O4S. The van der Waals surface area contributed by atoms with Gasteiger partial charge in [0.15, 0.2) is 5.13 Å². The van der Waals surface area contributed by atoms with E-state index in [9.17, 15) is 19.7 Å². The number of nitro benzene ring substituents is 1. The Labute approximate surface area is 215 Å². The van der Waals surface area contributed by atoms with Crippen LogP contribution < -0.4 is 10.9 Å². The van der Waals surface area contributed by atoms with Crippen molar-refractivity contribution < 1.29 is 9.72 Å². The van der Waals surface area contributed by atoms with Crippen molar-refractivity contribution in [3.8, 4) is 16.9 Å². The molecule has 5 aromatic rings. The standard InChI is InChI=1S/C26H22N6O4S/c1-15-12-22(33)30(25-23(15)16(2)29-31(25)19-9-5-4-6-10-19)17(3)24(34)28-26-27-21(14-37-26)18-8-7-11-20(13-18)32(35)36/h4-14,17H,1-3H3,(H,27,28,34). The molecule has 0 aliphatic heterocycles. The molecule has 1 amide bonds. The Morgan fingerprint density at radius 2 is 1.86 bits per heavy atom. The van der Waals surface area contributed by atoms with Crippen LogP contribution in [-0.4, -0.2) is 30.2 Å². The zero-order valence-corrected chi connectivity index (χ0v) is 21.0. The summed E-state index contributed by atoms with van der Waals surface area (Å²) in [4.78, 5) is 41.6. The van der Waals surface area contributed by atoms with Crippen molar-refractivity contribution in [2.75, 3.05) is 5.32 Å². The predicted molar refractivity (Wildman–Crippen MR) is 142 cm³/mol. The molecule has 3 aromatic heterocycles. The summed E-state index contributed by atoms with van der Waals surface area (Å²) in [6.45, 7) is 5.38. The number of aryl methyl sites for hydroxylation is 2. The number of nitrogens with one attached hydrogen (secondary N) is 1. The SMILES string of the molecule is Cc1cc(=O)n(C(C)C(=O)Nc2nc(-c3cccc([N+](=O)[O-])c3)cs2)c2c1c(C)nn2-c1ccccc1. The third-order valence-electron chi connectivity index (χ3n) is 6.09. The van der Waals surface area contributed by atoms with E-state index in [0.717, 1.165) is 22.3 Å². The quantitative estimate of drug-likeness (QED) is 0.250. The summed E-state index contributed by atoms with van der Waals surface area (Å²) in [6.07, 6.45) is 0. The van der Waals surface area contributed by atoms with Gasteiger partial charge in [0, 0.05) is 34.5 Å². The summed E-state index contributed by atoms with van der Waals surface area (Å²) < 4.78 is 3.13. The number of fused-ring (bicyclic) bond motifs is 1. The molecule has 1 atom stereocenters.